The van der Waals surface area contributed by atoms with Gasteiger partial charge in [-0.2, -0.15) is 0 Å². The maximum Gasteiger partial charge on any atom is 0.220 e. The first-order valence-electron chi connectivity index (χ1n) is 7.89. The lowest BCUT2D eigenvalue weighted by atomic mass is 10.1. The second-order valence-electron chi connectivity index (χ2n) is 5.70. The number of hydrogen-bond acceptors (Lipinski definition) is 1. The van der Waals surface area contributed by atoms with Crippen LogP contribution in [-0.2, 0) is 17.6 Å². The van der Waals surface area contributed by atoms with Gasteiger partial charge in [-0.15, -0.1) is 0 Å². The Bertz CT molecular complexity index is 857. The van der Waals surface area contributed by atoms with Crippen molar-refractivity contribution in [3.63, 3.8) is 0 Å². The Labute approximate surface area is 151 Å². The van der Waals surface area contributed by atoms with Crippen LogP contribution in [0.5, 0.6) is 0 Å². The van der Waals surface area contributed by atoms with Gasteiger partial charge in [-0.1, -0.05) is 41.4 Å². The Hall–Kier alpha value is -1.97. The molecular weight excluding hydrogens is 343 g/mol. The average Bonchev–Trinajstić information content (AvgIpc) is 2.96. The molecule has 0 aliphatic heterocycles. The summed E-state index contributed by atoms with van der Waals surface area (Å²) in [6.07, 6.45) is 3.81. The van der Waals surface area contributed by atoms with Gasteiger partial charge in [0.1, 0.15) is 0 Å². The van der Waals surface area contributed by atoms with Crippen molar-refractivity contribution in [3.8, 4) is 0 Å². The summed E-state index contributed by atoms with van der Waals surface area (Å²) in [4.78, 5) is 15.2. The molecule has 1 heterocycles. The third kappa shape index (κ3) is 4.11. The smallest absolute Gasteiger partial charge is 0.220 e. The lowest BCUT2D eigenvalue weighted by Gasteiger charge is -2.06. The number of nitrogens with one attached hydrogen (secondary N) is 2. The van der Waals surface area contributed by atoms with Crippen LogP contribution in [0.3, 0.4) is 0 Å². The number of amides is 1. The summed E-state index contributed by atoms with van der Waals surface area (Å²) in [7, 11) is 0. The van der Waals surface area contributed by atoms with Gasteiger partial charge in [0, 0.05) is 40.1 Å². The Morgan fingerprint density at radius 3 is 2.71 bits per heavy atom. The van der Waals surface area contributed by atoms with Crippen molar-refractivity contribution in [2.24, 2.45) is 0 Å². The van der Waals surface area contributed by atoms with Gasteiger partial charge >= 0.3 is 0 Å². The van der Waals surface area contributed by atoms with Crippen molar-refractivity contribution in [2.45, 2.75) is 19.3 Å². The van der Waals surface area contributed by atoms with Crippen LogP contribution in [0.25, 0.3) is 10.9 Å². The number of rotatable bonds is 6. The molecule has 0 aliphatic carbocycles. The van der Waals surface area contributed by atoms with E-state index >= 15 is 0 Å². The molecule has 0 unspecified atom stereocenters. The van der Waals surface area contributed by atoms with Crippen molar-refractivity contribution in [1.82, 2.24) is 10.3 Å². The second-order valence-corrected chi connectivity index (χ2v) is 6.54. The number of aryl methyl sites for hydroxylation is 1. The highest BCUT2D eigenvalue weighted by Crippen LogP contribution is 2.22. The molecular formula is C19H18Cl2N2O. The lowest BCUT2D eigenvalue weighted by molar-refractivity contribution is -0.121. The Balaban J connectivity index is 1.50. The first-order chi connectivity index (χ1) is 11.6. The largest absolute Gasteiger partial charge is 0.361 e. The van der Waals surface area contributed by atoms with Crippen molar-refractivity contribution in [2.75, 3.05) is 6.54 Å². The summed E-state index contributed by atoms with van der Waals surface area (Å²) >= 11 is 12.2. The number of fused-ring (bicyclic) bond motifs is 1. The van der Waals surface area contributed by atoms with Crippen LogP contribution < -0.4 is 5.32 Å². The SMILES string of the molecule is O=C(CCc1ccccc1Cl)NCCc1c[nH]c2ccc(Cl)cc12. The first kappa shape index (κ1) is 16.9. The molecule has 124 valence electrons. The Morgan fingerprint density at radius 2 is 1.88 bits per heavy atom. The molecule has 1 amide bonds. The number of halogens is 2. The standard InChI is InChI=1S/C19H18Cl2N2O/c20-15-6-7-18-16(11-15)14(12-23-18)9-10-22-19(24)8-5-13-3-1-2-4-17(13)21/h1-4,6-7,11-12,23H,5,8-10H2,(H,22,24). The van der Waals surface area contributed by atoms with Crippen molar-refractivity contribution in [1.29, 1.82) is 0 Å². The van der Waals surface area contributed by atoms with Gasteiger partial charge < -0.3 is 10.3 Å². The van der Waals surface area contributed by atoms with E-state index in [4.69, 9.17) is 23.2 Å². The van der Waals surface area contributed by atoms with Gasteiger partial charge in [0.25, 0.3) is 0 Å². The molecule has 1 aromatic heterocycles. The van der Waals surface area contributed by atoms with Gasteiger partial charge in [0.15, 0.2) is 0 Å². The Kier molecular flexibility index (Phi) is 5.44. The minimum atomic E-state index is 0.0350. The fraction of sp³-hybridized carbons (Fsp3) is 0.211. The quantitative estimate of drug-likeness (QED) is 0.653. The lowest BCUT2D eigenvalue weighted by Crippen LogP contribution is -2.25. The van der Waals surface area contributed by atoms with Gasteiger partial charge in [0.2, 0.25) is 5.91 Å². The highest BCUT2D eigenvalue weighted by molar-refractivity contribution is 6.31. The van der Waals surface area contributed by atoms with Crippen molar-refractivity contribution < 1.29 is 4.79 Å². The number of hydrogen-bond donors (Lipinski definition) is 2. The summed E-state index contributed by atoms with van der Waals surface area (Å²) in [6.45, 7) is 0.598. The molecule has 0 saturated heterocycles. The van der Waals surface area contributed by atoms with E-state index in [1.807, 2.05) is 48.7 Å². The zero-order valence-corrected chi connectivity index (χ0v) is 14.6. The summed E-state index contributed by atoms with van der Waals surface area (Å²) < 4.78 is 0. The molecule has 2 aromatic carbocycles. The summed E-state index contributed by atoms with van der Waals surface area (Å²) in [5, 5.41) is 5.49. The molecule has 0 radical (unpaired) electrons. The van der Waals surface area contributed by atoms with Crippen LogP contribution in [0.15, 0.2) is 48.7 Å². The van der Waals surface area contributed by atoms with E-state index in [2.05, 4.69) is 10.3 Å². The number of aromatic nitrogens is 1. The molecule has 0 saturated carbocycles. The third-order valence-electron chi connectivity index (χ3n) is 4.03. The number of carbonyl (C=O) groups is 1. The predicted molar refractivity (Wildman–Crippen MR) is 99.8 cm³/mol. The summed E-state index contributed by atoms with van der Waals surface area (Å²) in [5.74, 6) is 0.0350. The molecule has 0 spiro atoms. The van der Waals surface area contributed by atoms with E-state index in [0.29, 0.717) is 29.4 Å². The van der Waals surface area contributed by atoms with Crippen molar-refractivity contribution >= 4 is 40.0 Å². The third-order valence-corrected chi connectivity index (χ3v) is 4.63. The molecule has 5 heteroatoms. The normalized spacial score (nSPS) is 10.9. The number of aromatic amines is 1. The van der Waals surface area contributed by atoms with Gasteiger partial charge in [-0.3, -0.25) is 4.79 Å². The summed E-state index contributed by atoms with van der Waals surface area (Å²) in [5.41, 5.74) is 3.21. The van der Waals surface area contributed by atoms with E-state index in [9.17, 15) is 4.79 Å². The molecule has 2 N–H and O–H groups in total. The molecule has 0 bridgehead atoms. The molecule has 0 atom stereocenters. The topological polar surface area (TPSA) is 44.9 Å². The van der Waals surface area contributed by atoms with Crippen molar-refractivity contribution in [3.05, 3.63) is 69.8 Å². The molecule has 3 nitrogen and oxygen atoms in total. The fourth-order valence-corrected chi connectivity index (χ4v) is 3.13. The zero-order chi connectivity index (χ0) is 16.9. The molecule has 0 aliphatic rings. The van der Waals surface area contributed by atoms with Crippen LogP contribution in [0, 0.1) is 0 Å². The Morgan fingerprint density at radius 1 is 1.04 bits per heavy atom. The van der Waals surface area contributed by atoms with Crippen LogP contribution >= 0.6 is 23.2 Å². The monoisotopic (exact) mass is 360 g/mol. The highest BCUT2D eigenvalue weighted by Gasteiger charge is 2.07. The van der Waals surface area contributed by atoms with Gasteiger partial charge in [-0.25, -0.2) is 0 Å². The molecule has 24 heavy (non-hydrogen) atoms. The van der Waals surface area contributed by atoms with Gasteiger partial charge in [0.05, 0.1) is 0 Å². The molecule has 0 fully saturated rings. The summed E-state index contributed by atoms with van der Waals surface area (Å²) in [6, 6.07) is 13.4. The van der Waals surface area contributed by atoms with E-state index in [1.54, 1.807) is 0 Å². The van der Waals surface area contributed by atoms with Crippen LogP contribution in [0.2, 0.25) is 10.0 Å². The minimum absolute atomic E-state index is 0.0350. The highest BCUT2D eigenvalue weighted by atomic mass is 35.5. The van der Waals surface area contributed by atoms with Crippen LogP contribution in [0.4, 0.5) is 0 Å². The van der Waals surface area contributed by atoms with E-state index < -0.39 is 0 Å². The first-order valence-corrected chi connectivity index (χ1v) is 8.64. The maximum absolute atomic E-state index is 12.0. The second kappa shape index (κ2) is 7.73. The zero-order valence-electron chi connectivity index (χ0n) is 13.1. The number of carbonyl (C=O) groups excluding carboxylic acids is 1. The van der Waals surface area contributed by atoms with Crippen LogP contribution in [0.1, 0.15) is 17.5 Å². The molecule has 3 rings (SSSR count). The molecule has 3 aromatic rings. The van der Waals surface area contributed by atoms with E-state index in [-0.39, 0.29) is 5.91 Å². The maximum atomic E-state index is 12.0. The van der Waals surface area contributed by atoms with Gasteiger partial charge in [-0.05, 0) is 48.2 Å². The number of H-pyrrole nitrogens is 1. The minimum Gasteiger partial charge on any atom is -0.361 e. The van der Waals surface area contributed by atoms with E-state index in [1.165, 1.54) is 0 Å². The average molecular weight is 361 g/mol. The number of benzene rings is 2. The fourth-order valence-electron chi connectivity index (χ4n) is 2.73. The predicted octanol–water partition coefficient (Wildman–Crippen LogP) is 4.77. The van der Waals surface area contributed by atoms with Crippen LogP contribution in [-0.4, -0.2) is 17.4 Å². The van der Waals surface area contributed by atoms with E-state index in [0.717, 1.165) is 28.5 Å².